The van der Waals surface area contributed by atoms with Gasteiger partial charge in [-0.05, 0) is 31.4 Å². The first-order valence-electron chi connectivity index (χ1n) is 5.59. The summed E-state index contributed by atoms with van der Waals surface area (Å²) < 4.78 is 25.6. The van der Waals surface area contributed by atoms with Gasteiger partial charge in [0.25, 0.3) is 0 Å². The zero-order valence-electron chi connectivity index (χ0n) is 9.06. The van der Waals surface area contributed by atoms with Crippen LogP contribution in [0, 0.1) is 5.82 Å². The third kappa shape index (κ3) is 2.50. The highest BCUT2D eigenvalue weighted by Gasteiger charge is 2.26. The van der Waals surface area contributed by atoms with Crippen LogP contribution in [0.2, 0.25) is 0 Å². The molecule has 2 rings (SSSR count). The van der Waals surface area contributed by atoms with Gasteiger partial charge in [-0.2, -0.15) is 0 Å². The fourth-order valence-electron chi connectivity index (χ4n) is 2.16. The fourth-order valence-corrected chi connectivity index (χ4v) is 3.80. The summed E-state index contributed by atoms with van der Waals surface area (Å²) in [6.45, 7) is 0. The van der Waals surface area contributed by atoms with Crippen molar-refractivity contribution in [1.82, 2.24) is 0 Å². The smallest absolute Gasteiger partial charge is 0.139 e. The Labute approximate surface area is 97.5 Å². The van der Waals surface area contributed by atoms with Crippen molar-refractivity contribution >= 4 is 10.8 Å². The van der Waals surface area contributed by atoms with E-state index >= 15 is 0 Å². The Morgan fingerprint density at radius 1 is 1.31 bits per heavy atom. The molecule has 1 aliphatic rings. The maximum Gasteiger partial charge on any atom is 0.139 e. The molecule has 0 bridgehead atoms. The highest BCUT2D eigenvalue weighted by atomic mass is 32.2. The average Bonchev–Trinajstić information content (AvgIpc) is 2.29. The third-order valence-corrected chi connectivity index (χ3v) is 4.82. The number of halogens is 1. The van der Waals surface area contributed by atoms with Crippen LogP contribution in [0.3, 0.4) is 0 Å². The van der Waals surface area contributed by atoms with E-state index in [1.54, 1.807) is 18.2 Å². The van der Waals surface area contributed by atoms with E-state index in [4.69, 9.17) is 5.73 Å². The highest BCUT2D eigenvalue weighted by Crippen LogP contribution is 2.26. The van der Waals surface area contributed by atoms with Gasteiger partial charge in [0.15, 0.2) is 0 Å². The lowest BCUT2D eigenvalue weighted by Crippen LogP contribution is -2.33. The Bertz CT molecular complexity index is 396. The van der Waals surface area contributed by atoms with E-state index in [1.165, 1.54) is 6.07 Å². The van der Waals surface area contributed by atoms with E-state index < -0.39 is 10.8 Å². The second kappa shape index (κ2) is 5.06. The zero-order valence-corrected chi connectivity index (χ0v) is 9.88. The first-order valence-corrected chi connectivity index (χ1v) is 6.80. The van der Waals surface area contributed by atoms with Gasteiger partial charge in [-0.1, -0.05) is 18.6 Å². The predicted octanol–water partition coefficient (Wildman–Crippen LogP) is 2.20. The minimum absolute atomic E-state index is 0.0145. The molecular formula is C12H16FNOS. The molecule has 3 unspecified atom stereocenters. The van der Waals surface area contributed by atoms with Crippen molar-refractivity contribution < 1.29 is 8.60 Å². The van der Waals surface area contributed by atoms with Crippen molar-refractivity contribution in [3.63, 3.8) is 0 Å². The van der Waals surface area contributed by atoms with Crippen molar-refractivity contribution in [2.24, 2.45) is 5.73 Å². The summed E-state index contributed by atoms with van der Waals surface area (Å²) in [4.78, 5) is 0.321. The Hall–Kier alpha value is -0.740. The lowest BCUT2D eigenvalue weighted by atomic mass is 9.96. The van der Waals surface area contributed by atoms with E-state index in [-0.39, 0.29) is 17.1 Å². The average molecular weight is 241 g/mol. The molecule has 1 aliphatic carbocycles. The van der Waals surface area contributed by atoms with Gasteiger partial charge < -0.3 is 5.73 Å². The SMILES string of the molecule is NC1CCCC(S(=O)c2ccccc2F)C1. The van der Waals surface area contributed by atoms with Crippen molar-refractivity contribution in [3.05, 3.63) is 30.1 Å². The van der Waals surface area contributed by atoms with Crippen LogP contribution in [-0.4, -0.2) is 15.5 Å². The van der Waals surface area contributed by atoms with Gasteiger partial charge in [0.1, 0.15) is 5.82 Å². The molecule has 16 heavy (non-hydrogen) atoms. The number of rotatable bonds is 2. The van der Waals surface area contributed by atoms with E-state index in [9.17, 15) is 8.60 Å². The Morgan fingerprint density at radius 3 is 2.75 bits per heavy atom. The highest BCUT2D eigenvalue weighted by molar-refractivity contribution is 7.85. The molecule has 0 spiro atoms. The summed E-state index contributed by atoms with van der Waals surface area (Å²) in [7, 11) is -1.26. The largest absolute Gasteiger partial charge is 0.328 e. The lowest BCUT2D eigenvalue weighted by molar-refractivity contribution is 0.443. The lowest BCUT2D eigenvalue weighted by Gasteiger charge is -2.25. The Morgan fingerprint density at radius 2 is 2.06 bits per heavy atom. The van der Waals surface area contributed by atoms with Gasteiger partial charge in [0.05, 0.1) is 15.7 Å². The van der Waals surface area contributed by atoms with E-state index in [1.807, 2.05) is 0 Å². The Kier molecular flexibility index (Phi) is 3.71. The van der Waals surface area contributed by atoms with Gasteiger partial charge in [-0.3, -0.25) is 4.21 Å². The van der Waals surface area contributed by atoms with Crippen LogP contribution in [0.1, 0.15) is 25.7 Å². The molecule has 1 aromatic rings. The molecule has 3 atom stereocenters. The van der Waals surface area contributed by atoms with Crippen LogP contribution in [0.25, 0.3) is 0 Å². The third-order valence-electron chi connectivity index (χ3n) is 3.02. The second-order valence-electron chi connectivity index (χ2n) is 4.28. The molecule has 1 aromatic carbocycles. The minimum atomic E-state index is -1.26. The molecule has 1 saturated carbocycles. The van der Waals surface area contributed by atoms with Crippen molar-refractivity contribution in [2.75, 3.05) is 0 Å². The van der Waals surface area contributed by atoms with Crippen molar-refractivity contribution in [2.45, 2.75) is 41.9 Å². The van der Waals surface area contributed by atoms with Gasteiger partial charge in [-0.25, -0.2) is 4.39 Å². The van der Waals surface area contributed by atoms with Crippen LogP contribution >= 0.6 is 0 Å². The molecule has 4 heteroatoms. The number of hydrogen-bond donors (Lipinski definition) is 1. The van der Waals surface area contributed by atoms with Crippen LogP contribution in [-0.2, 0) is 10.8 Å². The normalized spacial score (nSPS) is 27.6. The van der Waals surface area contributed by atoms with Crippen molar-refractivity contribution in [1.29, 1.82) is 0 Å². The summed E-state index contributed by atoms with van der Waals surface area (Å²) in [6.07, 6.45) is 3.60. The topological polar surface area (TPSA) is 43.1 Å². The van der Waals surface area contributed by atoms with Crippen LogP contribution in [0.4, 0.5) is 4.39 Å². The van der Waals surface area contributed by atoms with Crippen LogP contribution < -0.4 is 5.73 Å². The van der Waals surface area contributed by atoms with E-state index in [2.05, 4.69) is 0 Å². The van der Waals surface area contributed by atoms with Gasteiger partial charge in [-0.15, -0.1) is 0 Å². The molecule has 0 saturated heterocycles. The molecule has 0 radical (unpaired) electrons. The molecule has 88 valence electrons. The number of nitrogens with two attached hydrogens (primary N) is 1. The molecule has 2 nitrogen and oxygen atoms in total. The molecule has 0 amide bonds. The van der Waals surface area contributed by atoms with Gasteiger partial charge >= 0.3 is 0 Å². The Balaban J connectivity index is 2.16. The molecule has 0 heterocycles. The van der Waals surface area contributed by atoms with E-state index in [0.717, 1.165) is 25.7 Å². The van der Waals surface area contributed by atoms with Crippen molar-refractivity contribution in [3.8, 4) is 0 Å². The maximum atomic E-state index is 13.5. The fraction of sp³-hybridized carbons (Fsp3) is 0.500. The summed E-state index contributed by atoms with van der Waals surface area (Å²) in [5.41, 5.74) is 5.85. The molecule has 0 aliphatic heterocycles. The quantitative estimate of drug-likeness (QED) is 0.862. The summed E-state index contributed by atoms with van der Waals surface area (Å²) in [5, 5.41) is 0.0145. The number of benzene rings is 1. The zero-order chi connectivity index (χ0) is 11.5. The molecular weight excluding hydrogens is 225 g/mol. The standard InChI is InChI=1S/C12H16FNOS/c13-11-6-1-2-7-12(11)16(15)10-5-3-4-9(14)8-10/h1-2,6-7,9-10H,3-5,8,14H2. The molecule has 1 fully saturated rings. The summed E-state index contributed by atoms with van der Waals surface area (Å²) >= 11 is 0. The maximum absolute atomic E-state index is 13.5. The van der Waals surface area contributed by atoms with Gasteiger partial charge in [0, 0.05) is 11.3 Å². The van der Waals surface area contributed by atoms with E-state index in [0.29, 0.717) is 4.90 Å². The van der Waals surface area contributed by atoms with Crippen LogP contribution in [0.5, 0.6) is 0 Å². The monoisotopic (exact) mass is 241 g/mol. The predicted molar refractivity (Wildman–Crippen MR) is 63.0 cm³/mol. The summed E-state index contributed by atoms with van der Waals surface area (Å²) in [5.74, 6) is -0.375. The van der Waals surface area contributed by atoms with Crippen LogP contribution in [0.15, 0.2) is 29.2 Å². The molecule has 0 aromatic heterocycles. The minimum Gasteiger partial charge on any atom is -0.328 e. The first kappa shape index (κ1) is 11.7. The molecule has 2 N–H and O–H groups in total. The number of hydrogen-bond acceptors (Lipinski definition) is 2. The summed E-state index contributed by atoms with van der Waals surface area (Å²) in [6, 6.07) is 6.41. The first-order chi connectivity index (χ1) is 7.68. The van der Waals surface area contributed by atoms with Gasteiger partial charge in [0.2, 0.25) is 0 Å². The second-order valence-corrected chi connectivity index (χ2v) is 5.98.